The summed E-state index contributed by atoms with van der Waals surface area (Å²) in [7, 11) is 0. The number of benzene rings is 1. The van der Waals surface area contributed by atoms with Crippen LogP contribution in [0.3, 0.4) is 0 Å². The number of hydrogen-bond donors (Lipinski definition) is 1. The summed E-state index contributed by atoms with van der Waals surface area (Å²) in [6, 6.07) is 10.2. The van der Waals surface area contributed by atoms with E-state index in [9.17, 15) is 0 Å². The topological polar surface area (TPSA) is 35.2 Å². The van der Waals surface area contributed by atoms with Gasteiger partial charge in [-0.25, -0.2) is 0 Å². The Morgan fingerprint density at radius 3 is 2.78 bits per heavy atom. The average Bonchev–Trinajstić information content (AvgIpc) is 2.77. The predicted molar refractivity (Wildman–Crippen MR) is 81.1 cm³/mol. The molecule has 3 rings (SSSR count). The molecule has 18 heavy (non-hydrogen) atoms. The van der Waals surface area contributed by atoms with Crippen molar-refractivity contribution in [3.8, 4) is 5.75 Å². The van der Waals surface area contributed by atoms with Gasteiger partial charge in [-0.3, -0.25) is 0 Å². The Bertz CT molecular complexity index is 584. The summed E-state index contributed by atoms with van der Waals surface area (Å²) < 4.78 is 8.21. The van der Waals surface area contributed by atoms with Crippen molar-refractivity contribution in [2.45, 2.75) is 18.6 Å². The van der Waals surface area contributed by atoms with Gasteiger partial charge in [0.2, 0.25) is 0 Å². The molecule has 0 amide bonds. The SMILES string of the molecule is NC1CC(c2ccc(Br)s2)Oc2ccc(Br)cc21. The predicted octanol–water partition coefficient (Wildman–Crippen LogP) is 4.80. The number of rotatable bonds is 1. The number of fused-ring (bicyclic) bond motifs is 1. The normalized spacial score (nSPS) is 22.4. The van der Waals surface area contributed by atoms with E-state index in [1.54, 1.807) is 11.3 Å². The van der Waals surface area contributed by atoms with Crippen molar-refractivity contribution in [3.05, 3.63) is 49.0 Å². The van der Waals surface area contributed by atoms with Crippen LogP contribution in [0.1, 0.15) is 29.0 Å². The van der Waals surface area contributed by atoms with Gasteiger partial charge in [0.05, 0.1) is 3.79 Å². The van der Waals surface area contributed by atoms with Crippen LogP contribution in [0.4, 0.5) is 0 Å². The third-order valence-electron chi connectivity index (χ3n) is 3.02. The van der Waals surface area contributed by atoms with Gasteiger partial charge < -0.3 is 10.5 Å². The Kier molecular flexibility index (Phi) is 3.49. The molecule has 0 aliphatic carbocycles. The van der Waals surface area contributed by atoms with Gasteiger partial charge in [-0.05, 0) is 46.3 Å². The molecule has 2 atom stereocenters. The second-order valence-corrected chi connectivity index (χ2v) is 7.68. The monoisotopic (exact) mass is 387 g/mol. The van der Waals surface area contributed by atoms with Gasteiger partial charge in [0.25, 0.3) is 0 Å². The lowest BCUT2D eigenvalue weighted by Gasteiger charge is -2.29. The van der Waals surface area contributed by atoms with Gasteiger partial charge in [0.1, 0.15) is 11.9 Å². The van der Waals surface area contributed by atoms with E-state index in [2.05, 4.69) is 37.9 Å². The molecule has 2 unspecified atom stereocenters. The summed E-state index contributed by atoms with van der Waals surface area (Å²) in [6.45, 7) is 0. The van der Waals surface area contributed by atoms with Crippen LogP contribution in [0, 0.1) is 0 Å². The molecule has 1 aromatic carbocycles. The molecule has 2 nitrogen and oxygen atoms in total. The molecule has 0 saturated carbocycles. The zero-order chi connectivity index (χ0) is 12.7. The Morgan fingerprint density at radius 2 is 2.06 bits per heavy atom. The van der Waals surface area contributed by atoms with E-state index in [0.29, 0.717) is 0 Å². The van der Waals surface area contributed by atoms with Gasteiger partial charge in [0, 0.05) is 27.4 Å². The maximum absolute atomic E-state index is 6.24. The fraction of sp³-hybridized carbons (Fsp3) is 0.231. The quantitative estimate of drug-likeness (QED) is 0.761. The van der Waals surface area contributed by atoms with E-state index in [0.717, 1.165) is 26.0 Å². The molecule has 2 N–H and O–H groups in total. The van der Waals surface area contributed by atoms with E-state index >= 15 is 0 Å². The minimum absolute atomic E-state index is 0.0251. The van der Waals surface area contributed by atoms with Crippen LogP contribution in [0.15, 0.2) is 38.6 Å². The van der Waals surface area contributed by atoms with E-state index in [1.165, 1.54) is 4.88 Å². The van der Waals surface area contributed by atoms with Gasteiger partial charge >= 0.3 is 0 Å². The molecule has 1 aromatic heterocycles. The lowest BCUT2D eigenvalue weighted by Crippen LogP contribution is -2.23. The van der Waals surface area contributed by atoms with Crippen molar-refractivity contribution in [1.29, 1.82) is 0 Å². The second-order valence-electron chi connectivity index (χ2n) is 4.27. The average molecular weight is 389 g/mol. The van der Waals surface area contributed by atoms with Crippen LogP contribution in [-0.2, 0) is 0 Å². The van der Waals surface area contributed by atoms with Crippen molar-refractivity contribution in [3.63, 3.8) is 0 Å². The first-order valence-corrected chi connectivity index (χ1v) is 8.00. The van der Waals surface area contributed by atoms with Crippen LogP contribution < -0.4 is 10.5 Å². The fourth-order valence-electron chi connectivity index (χ4n) is 2.15. The highest BCUT2D eigenvalue weighted by atomic mass is 79.9. The molecule has 0 bridgehead atoms. The van der Waals surface area contributed by atoms with Gasteiger partial charge in [-0.15, -0.1) is 11.3 Å². The minimum Gasteiger partial charge on any atom is -0.484 e. The number of ether oxygens (including phenoxy) is 1. The number of nitrogens with two attached hydrogens (primary N) is 1. The first kappa shape index (κ1) is 12.7. The van der Waals surface area contributed by atoms with Crippen molar-refractivity contribution in [2.75, 3.05) is 0 Å². The lowest BCUT2D eigenvalue weighted by molar-refractivity contribution is 0.165. The summed E-state index contributed by atoms with van der Waals surface area (Å²) in [6.07, 6.45) is 0.876. The highest BCUT2D eigenvalue weighted by Crippen LogP contribution is 2.42. The van der Waals surface area contributed by atoms with Gasteiger partial charge in [-0.1, -0.05) is 15.9 Å². The van der Waals surface area contributed by atoms with Crippen LogP contribution >= 0.6 is 43.2 Å². The molecule has 2 aromatic rings. The molecule has 0 saturated heterocycles. The van der Waals surface area contributed by atoms with Gasteiger partial charge in [-0.2, -0.15) is 0 Å². The molecule has 94 valence electrons. The largest absolute Gasteiger partial charge is 0.484 e. The Labute approximate surface area is 126 Å². The van der Waals surface area contributed by atoms with E-state index in [4.69, 9.17) is 10.5 Å². The summed E-state index contributed by atoms with van der Waals surface area (Å²) in [5.74, 6) is 0.895. The third kappa shape index (κ3) is 2.37. The zero-order valence-electron chi connectivity index (χ0n) is 9.40. The van der Waals surface area contributed by atoms with Crippen LogP contribution in [-0.4, -0.2) is 0 Å². The van der Waals surface area contributed by atoms with E-state index in [1.807, 2.05) is 24.3 Å². The first-order valence-electron chi connectivity index (χ1n) is 5.60. The molecule has 1 aliphatic rings. The number of thiophene rings is 1. The standard InChI is InChI=1S/C13H11Br2NOS/c14-7-1-2-10-8(5-7)9(16)6-11(17-10)12-3-4-13(15)18-12/h1-5,9,11H,6,16H2. The summed E-state index contributed by atoms with van der Waals surface area (Å²) >= 11 is 8.65. The Morgan fingerprint density at radius 1 is 1.22 bits per heavy atom. The van der Waals surface area contributed by atoms with Crippen molar-refractivity contribution in [1.82, 2.24) is 0 Å². The first-order chi connectivity index (χ1) is 8.63. The molecule has 5 heteroatoms. The zero-order valence-corrected chi connectivity index (χ0v) is 13.4. The summed E-state index contributed by atoms with van der Waals surface area (Å²) in [5.41, 5.74) is 7.32. The molecular formula is C13H11Br2NOS. The molecule has 0 radical (unpaired) electrons. The van der Waals surface area contributed by atoms with Gasteiger partial charge in [0.15, 0.2) is 0 Å². The van der Waals surface area contributed by atoms with E-state index in [-0.39, 0.29) is 12.1 Å². The molecule has 2 heterocycles. The number of halogens is 2. The molecule has 1 aliphatic heterocycles. The Hall–Kier alpha value is -0.360. The molecular weight excluding hydrogens is 378 g/mol. The smallest absolute Gasteiger partial charge is 0.135 e. The van der Waals surface area contributed by atoms with Crippen molar-refractivity contribution >= 4 is 43.2 Å². The van der Waals surface area contributed by atoms with Crippen molar-refractivity contribution < 1.29 is 4.74 Å². The van der Waals surface area contributed by atoms with Crippen LogP contribution in [0.2, 0.25) is 0 Å². The molecule has 0 fully saturated rings. The maximum atomic E-state index is 6.24. The maximum Gasteiger partial charge on any atom is 0.135 e. The second kappa shape index (κ2) is 4.96. The Balaban J connectivity index is 1.94. The highest BCUT2D eigenvalue weighted by molar-refractivity contribution is 9.11. The summed E-state index contributed by atoms with van der Waals surface area (Å²) in [4.78, 5) is 1.21. The van der Waals surface area contributed by atoms with E-state index < -0.39 is 0 Å². The van der Waals surface area contributed by atoms with Crippen LogP contribution in [0.5, 0.6) is 5.75 Å². The van der Waals surface area contributed by atoms with Crippen molar-refractivity contribution in [2.24, 2.45) is 5.73 Å². The third-order valence-corrected chi connectivity index (χ3v) is 5.23. The van der Waals surface area contributed by atoms with Crippen LogP contribution in [0.25, 0.3) is 0 Å². The molecule has 0 spiro atoms. The summed E-state index contributed by atoms with van der Waals surface area (Å²) in [5, 5.41) is 0. The number of hydrogen-bond acceptors (Lipinski definition) is 3. The lowest BCUT2D eigenvalue weighted by atomic mass is 9.97. The fourth-order valence-corrected chi connectivity index (χ4v) is 4.00. The highest BCUT2D eigenvalue weighted by Gasteiger charge is 2.28. The minimum atomic E-state index is 0.0251.